The van der Waals surface area contributed by atoms with E-state index in [0.717, 1.165) is 25.1 Å². The van der Waals surface area contributed by atoms with E-state index in [2.05, 4.69) is 17.3 Å². The zero-order chi connectivity index (χ0) is 18.8. The van der Waals surface area contributed by atoms with Crippen molar-refractivity contribution in [3.8, 4) is 0 Å². The van der Waals surface area contributed by atoms with Gasteiger partial charge in [-0.25, -0.2) is 4.79 Å². The number of anilines is 1. The van der Waals surface area contributed by atoms with Crippen LogP contribution in [0.1, 0.15) is 28.3 Å². The van der Waals surface area contributed by atoms with E-state index in [1.165, 1.54) is 4.57 Å². The number of benzene rings is 1. The van der Waals surface area contributed by atoms with Gasteiger partial charge in [0.2, 0.25) is 0 Å². The van der Waals surface area contributed by atoms with Crippen LogP contribution in [0.5, 0.6) is 0 Å². The number of hydrogen-bond acceptors (Lipinski definition) is 4. The topological polar surface area (TPSA) is 74.6 Å². The summed E-state index contributed by atoms with van der Waals surface area (Å²) in [4.78, 5) is 25.3. The number of aryl methyl sites for hydroxylation is 1. The molecule has 0 amide bonds. The van der Waals surface area contributed by atoms with Crippen molar-refractivity contribution in [2.75, 3.05) is 25.5 Å². The predicted octanol–water partition coefficient (Wildman–Crippen LogP) is 2.64. The fourth-order valence-electron chi connectivity index (χ4n) is 3.49. The normalized spacial score (nSPS) is 20.7. The van der Waals surface area contributed by atoms with Gasteiger partial charge in [-0.05, 0) is 43.1 Å². The van der Waals surface area contributed by atoms with E-state index in [1.54, 1.807) is 25.4 Å². The molecular formula is C19H22ClN3O3. The Morgan fingerprint density at radius 1 is 1.19 bits per heavy atom. The monoisotopic (exact) mass is 375 g/mol. The predicted molar refractivity (Wildman–Crippen MR) is 102 cm³/mol. The maximum Gasteiger partial charge on any atom is 0.335 e. The molecule has 7 heteroatoms. The van der Waals surface area contributed by atoms with Gasteiger partial charge in [0.25, 0.3) is 5.56 Å². The number of pyridine rings is 1. The number of nitrogens with one attached hydrogen (secondary N) is 1. The molecule has 3 rings (SSSR count). The standard InChI is InChI=1S/C19H22ClN3O3/c1-22-10-14(12-3-5-13(6-4-12)19(25)26)9-15(11-22)21-16-7-8-23(2)18(24)17(16)20/h3-8,14-15,21H,9-11H2,1-2H3,(H,25,26)/t14-,15+/m0/s1. The molecule has 1 saturated heterocycles. The number of carbonyl (C=O) groups is 1. The zero-order valence-corrected chi connectivity index (χ0v) is 15.5. The molecule has 2 heterocycles. The first-order valence-corrected chi connectivity index (χ1v) is 8.86. The first kappa shape index (κ1) is 18.5. The lowest BCUT2D eigenvalue weighted by molar-refractivity contribution is 0.0697. The smallest absolute Gasteiger partial charge is 0.335 e. The van der Waals surface area contributed by atoms with Gasteiger partial charge in [0.05, 0.1) is 11.3 Å². The van der Waals surface area contributed by atoms with Gasteiger partial charge in [-0.2, -0.15) is 0 Å². The second-order valence-corrected chi connectivity index (χ2v) is 7.26. The van der Waals surface area contributed by atoms with Crippen molar-refractivity contribution in [1.82, 2.24) is 9.47 Å². The highest BCUT2D eigenvalue weighted by molar-refractivity contribution is 6.33. The third-order valence-electron chi connectivity index (χ3n) is 4.83. The van der Waals surface area contributed by atoms with E-state index in [1.807, 2.05) is 18.2 Å². The average molecular weight is 376 g/mol. The molecule has 1 fully saturated rings. The highest BCUT2D eigenvalue weighted by Crippen LogP contribution is 2.29. The fraction of sp³-hybridized carbons (Fsp3) is 0.368. The summed E-state index contributed by atoms with van der Waals surface area (Å²) in [6.07, 6.45) is 2.58. The molecule has 1 aromatic heterocycles. The van der Waals surface area contributed by atoms with Gasteiger partial charge < -0.3 is 19.9 Å². The van der Waals surface area contributed by atoms with Crippen LogP contribution in [0.15, 0.2) is 41.3 Å². The number of aromatic carboxylic acids is 1. The van der Waals surface area contributed by atoms with Gasteiger partial charge in [-0.15, -0.1) is 0 Å². The summed E-state index contributed by atoms with van der Waals surface area (Å²) in [5, 5.41) is 12.6. The third-order valence-corrected chi connectivity index (χ3v) is 5.20. The molecule has 2 aromatic rings. The van der Waals surface area contributed by atoms with Crippen LogP contribution in [0.3, 0.4) is 0 Å². The van der Waals surface area contributed by atoms with Crippen LogP contribution < -0.4 is 10.9 Å². The number of carboxylic acid groups (broad SMARTS) is 1. The number of halogens is 1. The van der Waals surface area contributed by atoms with Crippen LogP contribution in [-0.4, -0.2) is 46.7 Å². The van der Waals surface area contributed by atoms with Gasteiger partial charge in [0, 0.05) is 32.4 Å². The van der Waals surface area contributed by atoms with Crippen LogP contribution in [0.4, 0.5) is 5.69 Å². The van der Waals surface area contributed by atoms with E-state index in [9.17, 15) is 9.59 Å². The van der Waals surface area contributed by atoms with Crippen molar-refractivity contribution >= 4 is 23.3 Å². The van der Waals surface area contributed by atoms with Crippen LogP contribution >= 0.6 is 11.6 Å². The molecule has 0 radical (unpaired) electrons. The van der Waals surface area contributed by atoms with Gasteiger partial charge in [0.15, 0.2) is 0 Å². The number of piperidine rings is 1. The van der Waals surface area contributed by atoms with E-state index in [0.29, 0.717) is 11.3 Å². The molecule has 2 atom stereocenters. The molecule has 6 nitrogen and oxygen atoms in total. The molecule has 1 aliphatic rings. The molecule has 1 aromatic carbocycles. The van der Waals surface area contributed by atoms with E-state index >= 15 is 0 Å². The Balaban J connectivity index is 1.77. The summed E-state index contributed by atoms with van der Waals surface area (Å²) in [5.74, 6) is -0.642. The summed E-state index contributed by atoms with van der Waals surface area (Å²) in [6, 6.07) is 9.02. The Bertz CT molecular complexity index is 863. The number of carboxylic acids is 1. The first-order chi connectivity index (χ1) is 12.3. The minimum atomic E-state index is -0.919. The van der Waals surface area contributed by atoms with Crippen LogP contribution in [-0.2, 0) is 7.05 Å². The molecule has 1 aliphatic heterocycles. The number of aromatic nitrogens is 1. The van der Waals surface area contributed by atoms with Crippen LogP contribution in [0, 0.1) is 0 Å². The van der Waals surface area contributed by atoms with Crippen molar-refractivity contribution in [2.24, 2.45) is 7.05 Å². The molecule has 0 bridgehead atoms. The van der Waals surface area contributed by atoms with Crippen LogP contribution in [0.25, 0.3) is 0 Å². The third kappa shape index (κ3) is 3.92. The number of hydrogen-bond donors (Lipinski definition) is 2. The second-order valence-electron chi connectivity index (χ2n) is 6.88. The van der Waals surface area contributed by atoms with Crippen LogP contribution in [0.2, 0.25) is 5.02 Å². The highest BCUT2D eigenvalue weighted by Gasteiger charge is 2.27. The molecule has 0 spiro atoms. The fourth-order valence-corrected chi connectivity index (χ4v) is 3.74. The maximum atomic E-state index is 12.0. The Morgan fingerprint density at radius 2 is 1.88 bits per heavy atom. The lowest BCUT2D eigenvalue weighted by Crippen LogP contribution is -2.43. The second kappa shape index (κ2) is 7.51. The molecule has 0 aliphatic carbocycles. The lowest BCUT2D eigenvalue weighted by Gasteiger charge is -2.37. The molecular weight excluding hydrogens is 354 g/mol. The summed E-state index contributed by atoms with van der Waals surface area (Å²) in [7, 11) is 3.72. The van der Waals surface area contributed by atoms with Crippen molar-refractivity contribution < 1.29 is 9.90 Å². The molecule has 2 N–H and O–H groups in total. The summed E-state index contributed by atoms with van der Waals surface area (Å²) in [5.41, 5.74) is 1.83. The van der Waals surface area contributed by atoms with Crippen molar-refractivity contribution in [3.63, 3.8) is 0 Å². The summed E-state index contributed by atoms with van der Waals surface area (Å²) < 4.78 is 1.45. The Kier molecular flexibility index (Phi) is 5.34. The number of likely N-dealkylation sites (tertiary alicyclic amines) is 1. The van der Waals surface area contributed by atoms with Gasteiger partial charge in [-0.3, -0.25) is 4.79 Å². The van der Waals surface area contributed by atoms with E-state index in [-0.39, 0.29) is 22.5 Å². The van der Waals surface area contributed by atoms with Gasteiger partial charge in [0.1, 0.15) is 5.02 Å². The SMILES string of the molecule is CN1C[C@H](Nc2ccn(C)c(=O)c2Cl)C[C@H](c2ccc(C(=O)O)cc2)C1. The summed E-state index contributed by atoms with van der Waals surface area (Å²) in [6.45, 7) is 1.74. The van der Waals surface area contributed by atoms with Crippen molar-refractivity contribution in [1.29, 1.82) is 0 Å². The maximum absolute atomic E-state index is 12.0. The average Bonchev–Trinajstić information content (AvgIpc) is 2.62. The quantitative estimate of drug-likeness (QED) is 0.859. The molecule has 26 heavy (non-hydrogen) atoms. The molecule has 0 saturated carbocycles. The lowest BCUT2D eigenvalue weighted by atomic mass is 9.87. The Hall–Kier alpha value is -2.31. The molecule has 0 unspecified atom stereocenters. The number of likely N-dealkylation sites (N-methyl/N-ethyl adjacent to an activating group) is 1. The highest BCUT2D eigenvalue weighted by atomic mass is 35.5. The van der Waals surface area contributed by atoms with Crippen molar-refractivity contribution in [3.05, 3.63) is 63.0 Å². The largest absolute Gasteiger partial charge is 0.478 e. The number of nitrogens with zero attached hydrogens (tertiary/aromatic N) is 2. The van der Waals surface area contributed by atoms with Crippen molar-refractivity contribution in [2.45, 2.75) is 18.4 Å². The minimum Gasteiger partial charge on any atom is -0.478 e. The zero-order valence-electron chi connectivity index (χ0n) is 14.8. The van der Waals surface area contributed by atoms with Gasteiger partial charge >= 0.3 is 5.97 Å². The number of rotatable bonds is 4. The van der Waals surface area contributed by atoms with E-state index < -0.39 is 5.97 Å². The summed E-state index contributed by atoms with van der Waals surface area (Å²) >= 11 is 6.19. The van der Waals surface area contributed by atoms with E-state index in [4.69, 9.17) is 16.7 Å². The Morgan fingerprint density at radius 3 is 2.54 bits per heavy atom. The first-order valence-electron chi connectivity index (χ1n) is 8.48. The minimum absolute atomic E-state index is 0.141. The Labute approximate surface area is 157 Å². The molecule has 138 valence electrons. The van der Waals surface area contributed by atoms with Gasteiger partial charge in [-0.1, -0.05) is 23.7 Å².